The van der Waals surface area contributed by atoms with Crippen molar-refractivity contribution in [2.24, 2.45) is 0 Å². The van der Waals surface area contributed by atoms with E-state index in [1.165, 1.54) is 18.4 Å². The van der Waals surface area contributed by atoms with Gasteiger partial charge in [-0.1, -0.05) is 48.5 Å². The monoisotopic (exact) mass is 421 g/mol. The highest BCUT2D eigenvalue weighted by Gasteiger charge is 2.30. The van der Waals surface area contributed by atoms with Crippen molar-refractivity contribution in [3.05, 3.63) is 81.9 Å². The van der Waals surface area contributed by atoms with Crippen molar-refractivity contribution < 1.29 is 19.1 Å². The molecule has 0 fully saturated rings. The summed E-state index contributed by atoms with van der Waals surface area (Å²) in [7, 11) is 1.30. The van der Waals surface area contributed by atoms with E-state index in [4.69, 9.17) is 4.74 Å². The Labute approximate surface area is 177 Å². The molecule has 0 saturated carbocycles. The predicted octanol–water partition coefficient (Wildman–Crippen LogP) is 3.33. The van der Waals surface area contributed by atoms with Gasteiger partial charge in [-0.15, -0.1) is 11.3 Å². The molecule has 0 bridgehead atoms. The van der Waals surface area contributed by atoms with Gasteiger partial charge < -0.3 is 15.4 Å². The van der Waals surface area contributed by atoms with Crippen molar-refractivity contribution in [2.45, 2.75) is 18.9 Å². The zero-order valence-corrected chi connectivity index (χ0v) is 17.0. The molecule has 7 nitrogen and oxygen atoms in total. The molecule has 0 radical (unpaired) electrons. The SMILES string of the molecule is COC(=O)c1nc(NC(=O)CC2NC(=O)c3ccccc32)sc1Cc1ccccc1. The van der Waals surface area contributed by atoms with E-state index in [-0.39, 0.29) is 23.9 Å². The van der Waals surface area contributed by atoms with Gasteiger partial charge in [-0.3, -0.25) is 9.59 Å². The molecule has 2 amide bonds. The second kappa shape index (κ2) is 8.46. The van der Waals surface area contributed by atoms with Gasteiger partial charge in [0.15, 0.2) is 10.8 Å². The van der Waals surface area contributed by atoms with Crippen LogP contribution in [-0.2, 0) is 16.0 Å². The number of hydrogen-bond donors (Lipinski definition) is 2. The quantitative estimate of drug-likeness (QED) is 0.595. The maximum atomic E-state index is 12.6. The van der Waals surface area contributed by atoms with E-state index in [9.17, 15) is 14.4 Å². The largest absolute Gasteiger partial charge is 0.464 e. The molecule has 1 atom stereocenters. The first kappa shape index (κ1) is 19.8. The lowest BCUT2D eigenvalue weighted by molar-refractivity contribution is -0.116. The molecule has 152 valence electrons. The van der Waals surface area contributed by atoms with E-state index in [2.05, 4.69) is 15.6 Å². The van der Waals surface area contributed by atoms with Gasteiger partial charge in [0.05, 0.1) is 19.6 Å². The lowest BCUT2D eigenvalue weighted by Gasteiger charge is -2.10. The number of thiazole rings is 1. The molecule has 8 heteroatoms. The molecule has 4 rings (SSSR count). The van der Waals surface area contributed by atoms with Crippen LogP contribution in [0, 0.1) is 0 Å². The van der Waals surface area contributed by atoms with Gasteiger partial charge in [-0.2, -0.15) is 0 Å². The zero-order valence-electron chi connectivity index (χ0n) is 16.2. The number of nitrogens with zero attached hydrogens (tertiary/aromatic N) is 1. The second-order valence-corrected chi connectivity index (χ2v) is 7.89. The topological polar surface area (TPSA) is 97.4 Å². The van der Waals surface area contributed by atoms with E-state index in [1.807, 2.05) is 42.5 Å². The number of hydrogen-bond acceptors (Lipinski definition) is 6. The summed E-state index contributed by atoms with van der Waals surface area (Å²) in [5, 5.41) is 5.89. The minimum absolute atomic E-state index is 0.0733. The lowest BCUT2D eigenvalue weighted by Crippen LogP contribution is -2.24. The smallest absolute Gasteiger partial charge is 0.357 e. The molecule has 0 aliphatic carbocycles. The number of rotatable bonds is 6. The highest BCUT2D eigenvalue weighted by atomic mass is 32.1. The predicted molar refractivity (Wildman–Crippen MR) is 113 cm³/mol. The molecule has 30 heavy (non-hydrogen) atoms. The van der Waals surface area contributed by atoms with Crippen LogP contribution in [0.15, 0.2) is 54.6 Å². The van der Waals surface area contributed by atoms with Crippen molar-refractivity contribution in [3.63, 3.8) is 0 Å². The van der Waals surface area contributed by atoms with Crippen LogP contribution >= 0.6 is 11.3 Å². The van der Waals surface area contributed by atoms with Gasteiger partial charge in [-0.25, -0.2) is 9.78 Å². The number of aromatic nitrogens is 1. The minimum Gasteiger partial charge on any atom is -0.464 e. The fourth-order valence-corrected chi connectivity index (χ4v) is 4.40. The molecule has 1 unspecified atom stereocenters. The van der Waals surface area contributed by atoms with Crippen LogP contribution in [0.3, 0.4) is 0 Å². The van der Waals surface area contributed by atoms with E-state index in [0.717, 1.165) is 11.1 Å². The maximum Gasteiger partial charge on any atom is 0.357 e. The third-order valence-corrected chi connectivity index (χ3v) is 5.78. The molecule has 2 aromatic carbocycles. The molecule has 0 saturated heterocycles. The summed E-state index contributed by atoms with van der Waals surface area (Å²) in [6.45, 7) is 0. The normalized spacial score (nSPS) is 14.7. The van der Waals surface area contributed by atoms with Crippen LogP contribution in [0.25, 0.3) is 0 Å². The zero-order chi connectivity index (χ0) is 21.1. The molecule has 2 N–H and O–H groups in total. The van der Waals surface area contributed by atoms with Crippen molar-refractivity contribution in [3.8, 4) is 0 Å². The third-order valence-electron chi connectivity index (χ3n) is 4.81. The lowest BCUT2D eigenvalue weighted by atomic mass is 10.0. The molecule has 0 spiro atoms. The van der Waals surface area contributed by atoms with Crippen LogP contribution in [0.4, 0.5) is 5.13 Å². The Morgan fingerprint density at radius 3 is 2.63 bits per heavy atom. The standard InChI is InChI=1S/C22H19N3O4S/c1-29-21(28)19-17(11-13-7-3-2-4-8-13)30-22(25-19)24-18(26)12-16-14-9-5-6-10-15(14)20(27)23-16/h2-10,16H,11-12H2,1H3,(H,23,27)(H,24,25,26). The van der Waals surface area contributed by atoms with Crippen LogP contribution in [0.5, 0.6) is 0 Å². The number of carbonyl (C=O) groups excluding carboxylic acids is 3. The van der Waals surface area contributed by atoms with Crippen LogP contribution < -0.4 is 10.6 Å². The van der Waals surface area contributed by atoms with E-state index in [1.54, 1.807) is 12.1 Å². The van der Waals surface area contributed by atoms with E-state index >= 15 is 0 Å². The highest BCUT2D eigenvalue weighted by Crippen LogP contribution is 2.30. The average molecular weight is 421 g/mol. The average Bonchev–Trinajstić information content (AvgIpc) is 3.29. The van der Waals surface area contributed by atoms with Gasteiger partial charge in [0.25, 0.3) is 5.91 Å². The highest BCUT2D eigenvalue weighted by molar-refractivity contribution is 7.16. The van der Waals surface area contributed by atoms with E-state index < -0.39 is 12.0 Å². The summed E-state index contributed by atoms with van der Waals surface area (Å²) >= 11 is 1.24. The van der Waals surface area contributed by atoms with Crippen LogP contribution in [0.2, 0.25) is 0 Å². The van der Waals surface area contributed by atoms with Gasteiger partial charge in [0, 0.05) is 16.9 Å². The summed E-state index contributed by atoms with van der Waals surface area (Å²) < 4.78 is 4.84. The summed E-state index contributed by atoms with van der Waals surface area (Å²) in [4.78, 5) is 41.8. The molecule has 3 aromatic rings. The number of amides is 2. The first-order chi connectivity index (χ1) is 14.5. The van der Waals surface area contributed by atoms with Crippen molar-refractivity contribution >= 4 is 34.3 Å². The molecule has 2 heterocycles. The molecule has 1 aliphatic rings. The Bertz CT molecular complexity index is 1110. The first-order valence-corrected chi connectivity index (χ1v) is 10.2. The Morgan fingerprint density at radius 2 is 1.87 bits per heavy atom. The van der Waals surface area contributed by atoms with Crippen LogP contribution in [0.1, 0.15) is 49.3 Å². The first-order valence-electron chi connectivity index (χ1n) is 9.36. The molecular formula is C22H19N3O4S. The van der Waals surface area contributed by atoms with Gasteiger partial charge in [0.2, 0.25) is 5.91 Å². The fourth-order valence-electron chi connectivity index (χ4n) is 3.40. The maximum absolute atomic E-state index is 12.6. The molecule has 1 aromatic heterocycles. The number of esters is 1. The number of methoxy groups -OCH3 is 1. The Balaban J connectivity index is 1.50. The number of carbonyl (C=O) groups is 3. The Morgan fingerprint density at radius 1 is 1.13 bits per heavy atom. The molecule has 1 aliphatic heterocycles. The summed E-state index contributed by atoms with van der Waals surface area (Å²) in [5.41, 5.74) is 2.61. The number of ether oxygens (including phenoxy) is 1. The Kier molecular flexibility index (Phi) is 5.58. The fraction of sp³-hybridized carbons (Fsp3) is 0.182. The van der Waals surface area contributed by atoms with Gasteiger partial charge in [-0.05, 0) is 17.2 Å². The van der Waals surface area contributed by atoms with Crippen molar-refractivity contribution in [1.82, 2.24) is 10.3 Å². The summed E-state index contributed by atoms with van der Waals surface area (Å²) in [6, 6.07) is 16.5. The van der Waals surface area contributed by atoms with Crippen LogP contribution in [-0.4, -0.2) is 29.9 Å². The summed E-state index contributed by atoms with van der Waals surface area (Å²) in [6.07, 6.45) is 0.578. The second-order valence-electron chi connectivity index (χ2n) is 6.81. The minimum atomic E-state index is -0.547. The van der Waals surface area contributed by atoms with Crippen molar-refractivity contribution in [2.75, 3.05) is 12.4 Å². The van der Waals surface area contributed by atoms with Crippen molar-refractivity contribution in [1.29, 1.82) is 0 Å². The summed E-state index contributed by atoms with van der Waals surface area (Å²) in [5.74, 6) is -1.03. The number of anilines is 1. The number of benzene rings is 2. The van der Waals surface area contributed by atoms with Gasteiger partial charge in [0.1, 0.15) is 0 Å². The number of nitrogens with one attached hydrogen (secondary N) is 2. The number of fused-ring (bicyclic) bond motifs is 1. The Hall–Kier alpha value is -3.52. The van der Waals surface area contributed by atoms with E-state index in [0.29, 0.717) is 22.0 Å². The molecular weight excluding hydrogens is 402 g/mol. The third kappa shape index (κ3) is 4.08. The van der Waals surface area contributed by atoms with Gasteiger partial charge >= 0.3 is 5.97 Å².